The molecule has 1 N–H and O–H groups in total. The van der Waals surface area contributed by atoms with Gasteiger partial charge in [-0.1, -0.05) is 18.0 Å². The third-order valence-electron chi connectivity index (χ3n) is 8.23. The van der Waals surface area contributed by atoms with Crippen LogP contribution < -0.4 is 5.32 Å². The van der Waals surface area contributed by atoms with E-state index in [1.807, 2.05) is 0 Å². The maximum atomic E-state index is 13.5. The average molecular weight is 533 g/mol. The summed E-state index contributed by atoms with van der Waals surface area (Å²) in [7, 11) is -3.61. The van der Waals surface area contributed by atoms with Crippen LogP contribution in [0.3, 0.4) is 0 Å². The second kappa shape index (κ2) is 10.2. The molecule has 1 aromatic rings. The third-order valence-corrected chi connectivity index (χ3v) is 10.4. The molecule has 3 atom stereocenters. The van der Waals surface area contributed by atoms with Gasteiger partial charge in [-0.25, -0.2) is 0 Å². The standard InChI is InChI=1S/C24H35F3N4O4S/c25-24(26,27)10-2-1-3-16-8-11-30(12-9-16)36(33,34)31-19-6-7-20(31)14-18(13-19)28-23(32)21-15-22(35-29-21)17-4-5-17/h15-20H,1-14H2,(H,28,32)/t18?,19-,20+. The van der Waals surface area contributed by atoms with Crippen molar-refractivity contribution in [3.63, 3.8) is 0 Å². The lowest BCUT2D eigenvalue weighted by atomic mass is 9.92. The fraction of sp³-hybridized carbons (Fsp3) is 0.833. The van der Waals surface area contributed by atoms with Gasteiger partial charge in [0.1, 0.15) is 5.76 Å². The molecule has 36 heavy (non-hydrogen) atoms. The number of rotatable bonds is 9. The van der Waals surface area contributed by atoms with Crippen molar-refractivity contribution in [1.82, 2.24) is 19.1 Å². The molecule has 1 unspecified atom stereocenters. The Morgan fingerprint density at radius 2 is 1.72 bits per heavy atom. The fourth-order valence-electron chi connectivity index (χ4n) is 6.16. The molecule has 5 rings (SSSR count). The van der Waals surface area contributed by atoms with Gasteiger partial charge in [0.2, 0.25) is 0 Å². The SMILES string of the molecule is O=C(NC1C[C@H]2CC[C@@H](C1)N2S(=O)(=O)N1CCC(CCCCC(F)(F)F)CC1)c1cc(C2CC2)on1. The van der Waals surface area contributed by atoms with Crippen molar-refractivity contribution < 1.29 is 30.9 Å². The van der Waals surface area contributed by atoms with E-state index < -0.39 is 22.8 Å². The minimum absolute atomic E-state index is 0.107. The van der Waals surface area contributed by atoms with E-state index in [9.17, 15) is 26.4 Å². The van der Waals surface area contributed by atoms with Crippen LogP contribution >= 0.6 is 0 Å². The van der Waals surface area contributed by atoms with Crippen LogP contribution in [0.2, 0.25) is 0 Å². The molecule has 4 heterocycles. The molecule has 3 aliphatic heterocycles. The van der Waals surface area contributed by atoms with Gasteiger partial charge in [0.05, 0.1) is 0 Å². The van der Waals surface area contributed by atoms with Crippen LogP contribution in [0.4, 0.5) is 13.2 Å². The highest BCUT2D eigenvalue weighted by molar-refractivity contribution is 7.86. The highest BCUT2D eigenvalue weighted by Gasteiger charge is 2.49. The Hall–Kier alpha value is -1.66. The molecule has 0 radical (unpaired) electrons. The molecule has 1 aliphatic carbocycles. The number of carbonyl (C=O) groups excluding carboxylic acids is 1. The Bertz CT molecular complexity index is 1020. The zero-order chi connectivity index (χ0) is 25.5. The molecular formula is C24H35F3N4O4S. The predicted octanol–water partition coefficient (Wildman–Crippen LogP) is 4.36. The number of aromatic nitrogens is 1. The van der Waals surface area contributed by atoms with Gasteiger partial charge in [-0.05, 0) is 63.7 Å². The number of piperidine rings is 2. The first-order chi connectivity index (χ1) is 17.1. The molecule has 12 heteroatoms. The van der Waals surface area contributed by atoms with Crippen molar-refractivity contribution in [2.45, 2.75) is 107 Å². The summed E-state index contributed by atoms with van der Waals surface area (Å²) in [5, 5.41) is 6.93. The van der Waals surface area contributed by atoms with E-state index in [4.69, 9.17) is 4.52 Å². The highest BCUT2D eigenvalue weighted by Crippen LogP contribution is 2.41. The van der Waals surface area contributed by atoms with Gasteiger partial charge >= 0.3 is 6.18 Å². The van der Waals surface area contributed by atoms with Gasteiger partial charge in [-0.2, -0.15) is 30.2 Å². The largest absolute Gasteiger partial charge is 0.389 e. The minimum Gasteiger partial charge on any atom is -0.360 e. The van der Waals surface area contributed by atoms with E-state index in [0.29, 0.717) is 57.5 Å². The summed E-state index contributed by atoms with van der Waals surface area (Å²) in [5.74, 6) is 1.14. The number of nitrogens with zero attached hydrogens (tertiary/aromatic N) is 3. The molecule has 2 bridgehead atoms. The van der Waals surface area contributed by atoms with Crippen molar-refractivity contribution in [3.05, 3.63) is 17.5 Å². The summed E-state index contributed by atoms with van der Waals surface area (Å²) in [6.07, 6.45) is 2.72. The second-order valence-corrected chi connectivity index (χ2v) is 12.8. The summed E-state index contributed by atoms with van der Waals surface area (Å²) < 4.78 is 72.6. The minimum atomic E-state index is -4.11. The van der Waals surface area contributed by atoms with E-state index in [1.165, 1.54) is 0 Å². The maximum Gasteiger partial charge on any atom is 0.389 e. The van der Waals surface area contributed by atoms with Gasteiger partial charge in [0.25, 0.3) is 16.1 Å². The van der Waals surface area contributed by atoms with Gasteiger partial charge in [-0.3, -0.25) is 4.79 Å². The number of amides is 1. The Kier molecular flexibility index (Phi) is 7.39. The van der Waals surface area contributed by atoms with Crippen molar-refractivity contribution in [2.24, 2.45) is 5.92 Å². The molecule has 0 aromatic carbocycles. The maximum absolute atomic E-state index is 13.5. The molecular weight excluding hydrogens is 497 g/mol. The summed E-state index contributed by atoms with van der Waals surface area (Å²) in [4.78, 5) is 12.7. The van der Waals surface area contributed by atoms with Crippen molar-refractivity contribution in [2.75, 3.05) is 13.1 Å². The van der Waals surface area contributed by atoms with Gasteiger partial charge in [-0.15, -0.1) is 0 Å². The van der Waals surface area contributed by atoms with Crippen molar-refractivity contribution in [1.29, 1.82) is 0 Å². The number of hydrogen-bond acceptors (Lipinski definition) is 5. The lowest BCUT2D eigenvalue weighted by molar-refractivity contribution is -0.135. The number of alkyl halides is 3. The zero-order valence-electron chi connectivity index (χ0n) is 20.4. The van der Waals surface area contributed by atoms with Crippen LogP contribution in [0, 0.1) is 5.92 Å². The van der Waals surface area contributed by atoms with E-state index >= 15 is 0 Å². The quantitative estimate of drug-likeness (QED) is 0.477. The lowest BCUT2D eigenvalue weighted by Crippen LogP contribution is -2.56. The van der Waals surface area contributed by atoms with Crippen LogP contribution in [0.5, 0.6) is 0 Å². The van der Waals surface area contributed by atoms with Gasteiger partial charge < -0.3 is 9.84 Å². The summed E-state index contributed by atoms with van der Waals surface area (Å²) in [6, 6.07) is 1.32. The number of fused-ring (bicyclic) bond motifs is 2. The number of hydrogen-bond donors (Lipinski definition) is 1. The first kappa shape index (κ1) is 26.0. The van der Waals surface area contributed by atoms with Crippen molar-refractivity contribution >= 4 is 16.1 Å². The first-order valence-electron chi connectivity index (χ1n) is 13.2. The zero-order valence-corrected chi connectivity index (χ0v) is 21.2. The van der Waals surface area contributed by atoms with Crippen LogP contribution in [0.25, 0.3) is 0 Å². The second-order valence-electron chi connectivity index (χ2n) is 11.0. The predicted molar refractivity (Wildman–Crippen MR) is 125 cm³/mol. The Labute approximate surface area is 210 Å². The molecule has 202 valence electrons. The normalized spacial score (nSPS) is 28.5. The number of unbranched alkanes of at least 4 members (excludes halogenated alkanes) is 1. The Morgan fingerprint density at radius 3 is 2.33 bits per heavy atom. The van der Waals surface area contributed by atoms with E-state index in [-0.39, 0.29) is 42.1 Å². The first-order valence-corrected chi connectivity index (χ1v) is 14.6. The number of nitrogens with one attached hydrogen (secondary N) is 1. The molecule has 8 nitrogen and oxygen atoms in total. The van der Waals surface area contributed by atoms with E-state index in [0.717, 1.165) is 31.4 Å². The molecule has 4 aliphatic rings. The van der Waals surface area contributed by atoms with Crippen LogP contribution in [-0.2, 0) is 10.2 Å². The number of halogens is 3. The molecule has 1 aromatic heterocycles. The van der Waals surface area contributed by atoms with Crippen molar-refractivity contribution in [3.8, 4) is 0 Å². The summed E-state index contributed by atoms with van der Waals surface area (Å²) >= 11 is 0. The average Bonchev–Trinajstić information content (AvgIpc) is 3.48. The number of carbonyl (C=O) groups is 1. The van der Waals surface area contributed by atoms with Crippen LogP contribution in [-0.4, -0.2) is 65.5 Å². The summed E-state index contributed by atoms with van der Waals surface area (Å²) in [6.45, 7) is 0.829. The van der Waals surface area contributed by atoms with Gasteiger partial charge in [0.15, 0.2) is 5.69 Å². The van der Waals surface area contributed by atoms with E-state index in [1.54, 1.807) is 14.7 Å². The Morgan fingerprint density at radius 1 is 1.06 bits per heavy atom. The van der Waals surface area contributed by atoms with E-state index in [2.05, 4.69) is 10.5 Å². The van der Waals surface area contributed by atoms with Gasteiger partial charge in [0, 0.05) is 49.6 Å². The Balaban J connectivity index is 1.11. The lowest BCUT2D eigenvalue weighted by Gasteiger charge is -2.42. The molecule has 4 fully saturated rings. The van der Waals surface area contributed by atoms with Crippen LogP contribution in [0.1, 0.15) is 99.2 Å². The molecule has 1 amide bonds. The smallest absolute Gasteiger partial charge is 0.360 e. The van der Waals surface area contributed by atoms with Crippen LogP contribution in [0.15, 0.2) is 10.6 Å². The highest BCUT2D eigenvalue weighted by atomic mass is 32.2. The molecule has 0 spiro atoms. The molecule has 3 saturated heterocycles. The topological polar surface area (TPSA) is 95.8 Å². The third kappa shape index (κ3) is 5.91. The molecule has 1 saturated carbocycles. The summed E-state index contributed by atoms with van der Waals surface area (Å²) in [5.41, 5.74) is 0.278. The fourth-order valence-corrected chi connectivity index (χ4v) is 8.24. The monoisotopic (exact) mass is 532 g/mol.